The van der Waals surface area contributed by atoms with Gasteiger partial charge in [-0.3, -0.25) is 29.2 Å². The lowest BCUT2D eigenvalue weighted by Gasteiger charge is -2.35. The Kier molecular flexibility index (Phi) is 15.2. The number of amides is 1. The van der Waals surface area contributed by atoms with Gasteiger partial charge >= 0.3 is 11.9 Å². The van der Waals surface area contributed by atoms with Gasteiger partial charge in [0.05, 0.1) is 43.1 Å². The minimum atomic E-state index is -1.21. The van der Waals surface area contributed by atoms with E-state index in [1.165, 1.54) is 5.56 Å². The molecule has 1 fully saturated rings. The molecule has 18 nitrogen and oxygen atoms in total. The number of ether oxygens (including phenoxy) is 1. The van der Waals surface area contributed by atoms with Crippen LogP contribution in [0.4, 0.5) is 11.8 Å². The number of nitrogen functional groups attached to an aromatic ring is 1. The molecule has 0 spiro atoms. The zero-order valence-corrected chi connectivity index (χ0v) is 32.3. The molecule has 3 aromatic rings. The Morgan fingerprint density at radius 1 is 1.05 bits per heavy atom. The number of nitrogens with two attached hydrogens (primary N) is 2. The summed E-state index contributed by atoms with van der Waals surface area (Å²) in [7, 11) is 1.71. The van der Waals surface area contributed by atoms with Crippen LogP contribution in [0.2, 0.25) is 0 Å². The third-order valence-corrected chi connectivity index (χ3v) is 10.8. The number of anilines is 2. The smallest absolute Gasteiger partial charge is 0.321 e. The van der Waals surface area contributed by atoms with Crippen LogP contribution in [0.25, 0.3) is 11.0 Å². The number of unbranched alkanes of at least 4 members (excludes halogenated alkanes) is 2. The fourth-order valence-electron chi connectivity index (χ4n) is 6.42. The number of hydrazine groups is 2. The van der Waals surface area contributed by atoms with Crippen LogP contribution in [0.15, 0.2) is 42.4 Å². The highest BCUT2D eigenvalue weighted by molar-refractivity contribution is 8.00. The number of carbonyl (C=O) groups excluding carboxylic acids is 1. The number of nitrogens with zero attached hydrogens (tertiary/aromatic N) is 6. The van der Waals surface area contributed by atoms with Crippen molar-refractivity contribution in [3.8, 4) is 5.75 Å². The van der Waals surface area contributed by atoms with E-state index in [4.69, 9.17) is 21.3 Å². The first-order valence-corrected chi connectivity index (χ1v) is 19.6. The zero-order valence-electron chi connectivity index (χ0n) is 31.5. The number of carboxylic acid groups (broad SMARTS) is 2. The largest absolute Gasteiger partial charge is 0.496 e. The summed E-state index contributed by atoms with van der Waals surface area (Å²) in [5.74, 6) is -1.09. The molecular weight excluding hydrogens is 729 g/mol. The lowest BCUT2D eigenvalue weighted by atomic mass is 10.1. The van der Waals surface area contributed by atoms with E-state index in [0.29, 0.717) is 18.8 Å². The monoisotopic (exact) mass is 782 g/mol. The van der Waals surface area contributed by atoms with Gasteiger partial charge in [0.15, 0.2) is 5.82 Å². The Balaban J connectivity index is 1.06. The van der Waals surface area contributed by atoms with Gasteiger partial charge in [0.1, 0.15) is 17.3 Å². The third-order valence-electron chi connectivity index (χ3n) is 9.49. The summed E-state index contributed by atoms with van der Waals surface area (Å²) < 4.78 is 8.01. The molecular formula is C36H54N12O6S. The number of aromatic nitrogens is 3. The first-order chi connectivity index (χ1) is 26.5. The Morgan fingerprint density at radius 3 is 2.56 bits per heavy atom. The normalized spacial score (nSPS) is 16.1. The van der Waals surface area contributed by atoms with Crippen LogP contribution in [0.3, 0.4) is 0 Å². The van der Waals surface area contributed by atoms with Gasteiger partial charge in [0, 0.05) is 76.1 Å². The van der Waals surface area contributed by atoms with E-state index in [-0.39, 0.29) is 18.2 Å². The van der Waals surface area contributed by atoms with E-state index in [9.17, 15) is 19.5 Å². The van der Waals surface area contributed by atoms with Crippen LogP contribution in [-0.4, -0.2) is 134 Å². The summed E-state index contributed by atoms with van der Waals surface area (Å²) >= 11 is 0.919. The molecule has 0 aliphatic carbocycles. The molecule has 1 saturated heterocycles. The van der Waals surface area contributed by atoms with Crippen molar-refractivity contribution in [3.05, 3.63) is 53.5 Å². The number of carbonyl (C=O) groups is 3. The van der Waals surface area contributed by atoms with Gasteiger partial charge < -0.3 is 47.0 Å². The number of carboxylic acids is 2. The van der Waals surface area contributed by atoms with E-state index in [0.717, 1.165) is 105 Å². The van der Waals surface area contributed by atoms with Crippen molar-refractivity contribution in [2.75, 3.05) is 76.3 Å². The van der Waals surface area contributed by atoms with Crippen molar-refractivity contribution in [2.24, 2.45) is 5.73 Å². The number of methoxy groups -OCH3 is 1. The van der Waals surface area contributed by atoms with E-state index < -0.39 is 35.6 Å². The Labute approximate surface area is 324 Å². The molecule has 1 aromatic carbocycles. The first kappa shape index (κ1) is 41.3. The number of hydrogen-bond acceptors (Lipinski definition) is 15. The zero-order chi connectivity index (χ0) is 39.3. The molecule has 300 valence electrons. The summed E-state index contributed by atoms with van der Waals surface area (Å²) in [6, 6.07) is 7.22. The second kappa shape index (κ2) is 20.2. The number of rotatable bonds is 22. The molecule has 4 heterocycles. The summed E-state index contributed by atoms with van der Waals surface area (Å²) in [6.45, 7) is 9.86. The highest BCUT2D eigenvalue weighted by Crippen LogP contribution is 2.28. The number of hydrogen-bond donors (Lipinski definition) is 8. The quantitative estimate of drug-likeness (QED) is 0.0665. The standard InChI is InChI=1S/C36H54N12O6S/c1-3-4-5-9-39-33-32-28(41-36(38)42-33)8-10-47(32)21-25-7-6-24(17-29(25)54-2)20-46-13-11-45(12-14-46)15-16-48-22-26(43-44-48)19-40-34(51)30(18-31(49)50)55-23-27(37)35(52)53/h6-8,10,17,22,27,30,43-44H,3-5,9,11-16,18-21,23,37H2,1-2H3,(H,40,51)(H,49,50)(H,52,53)(H3,38,39,41,42)/t27-,30-/m0/s1. The molecule has 2 atom stereocenters. The van der Waals surface area contributed by atoms with Crippen LogP contribution in [0.1, 0.15) is 43.7 Å². The molecule has 10 N–H and O–H groups in total. The van der Waals surface area contributed by atoms with Crippen LogP contribution >= 0.6 is 11.8 Å². The van der Waals surface area contributed by atoms with Crippen LogP contribution in [0, 0.1) is 0 Å². The number of thioether (sulfide) groups is 1. The van der Waals surface area contributed by atoms with Crippen LogP contribution in [0.5, 0.6) is 5.75 Å². The van der Waals surface area contributed by atoms with Crippen molar-refractivity contribution in [2.45, 2.75) is 57.0 Å². The van der Waals surface area contributed by atoms with Crippen molar-refractivity contribution in [1.82, 2.24) is 45.6 Å². The number of piperazine rings is 1. The van der Waals surface area contributed by atoms with E-state index >= 15 is 0 Å². The summed E-state index contributed by atoms with van der Waals surface area (Å²) in [5, 5.41) is 25.3. The second-order valence-corrected chi connectivity index (χ2v) is 14.9. The molecule has 1 amide bonds. The molecule has 2 aliphatic rings. The number of nitrogens with one attached hydrogen (secondary N) is 4. The number of aliphatic carboxylic acids is 2. The maximum Gasteiger partial charge on any atom is 0.321 e. The average Bonchev–Trinajstić information content (AvgIpc) is 3.80. The van der Waals surface area contributed by atoms with Crippen molar-refractivity contribution < 1.29 is 29.3 Å². The van der Waals surface area contributed by atoms with Crippen LogP contribution < -0.4 is 37.8 Å². The molecule has 2 aromatic heterocycles. The maximum atomic E-state index is 12.7. The van der Waals surface area contributed by atoms with Crippen LogP contribution in [-0.2, 0) is 27.5 Å². The van der Waals surface area contributed by atoms with Crippen molar-refractivity contribution in [3.63, 3.8) is 0 Å². The Morgan fingerprint density at radius 2 is 1.84 bits per heavy atom. The molecule has 2 aliphatic heterocycles. The average molecular weight is 783 g/mol. The molecule has 0 bridgehead atoms. The number of fused-ring (bicyclic) bond motifs is 1. The van der Waals surface area contributed by atoms with Gasteiger partial charge in [-0.05, 0) is 24.1 Å². The SMILES string of the molecule is CCCCCNc1nc(N)nc2ccn(Cc3ccc(CN4CCN(CCN5C=C(CNC(=O)[C@H](CC(=O)O)SC[C@H](N)C(=O)O)NN5)CC4)cc3OC)c12. The van der Waals surface area contributed by atoms with Gasteiger partial charge in [-0.25, -0.2) is 4.98 Å². The lowest BCUT2D eigenvalue weighted by Crippen LogP contribution is -2.49. The summed E-state index contributed by atoms with van der Waals surface area (Å²) in [6.07, 6.45) is 6.79. The lowest BCUT2D eigenvalue weighted by molar-refractivity contribution is -0.138. The first-order valence-electron chi connectivity index (χ1n) is 18.6. The fourth-order valence-corrected chi connectivity index (χ4v) is 7.50. The molecule has 0 saturated carbocycles. The van der Waals surface area contributed by atoms with E-state index in [2.05, 4.69) is 71.1 Å². The summed E-state index contributed by atoms with van der Waals surface area (Å²) in [5.41, 5.74) is 22.3. The minimum Gasteiger partial charge on any atom is -0.496 e. The third kappa shape index (κ3) is 12.1. The highest BCUT2D eigenvalue weighted by Gasteiger charge is 2.26. The van der Waals surface area contributed by atoms with E-state index in [1.54, 1.807) is 7.11 Å². The maximum absolute atomic E-state index is 12.7. The highest BCUT2D eigenvalue weighted by atomic mass is 32.2. The molecule has 0 unspecified atom stereocenters. The van der Waals surface area contributed by atoms with Gasteiger partial charge in [0.2, 0.25) is 11.9 Å². The predicted octanol–water partition coefficient (Wildman–Crippen LogP) is 1.06. The topological polar surface area (TPSA) is 241 Å². The molecule has 0 radical (unpaired) electrons. The molecule has 55 heavy (non-hydrogen) atoms. The fraction of sp³-hybridized carbons (Fsp3) is 0.528. The van der Waals surface area contributed by atoms with Gasteiger partial charge in [-0.1, -0.05) is 31.9 Å². The van der Waals surface area contributed by atoms with Crippen molar-refractivity contribution in [1.29, 1.82) is 0 Å². The van der Waals surface area contributed by atoms with Gasteiger partial charge in [-0.15, -0.1) is 17.3 Å². The Hall–Kier alpha value is -4.82. The molecule has 19 heteroatoms. The predicted molar refractivity (Wildman–Crippen MR) is 212 cm³/mol. The van der Waals surface area contributed by atoms with Crippen molar-refractivity contribution >= 4 is 52.4 Å². The van der Waals surface area contributed by atoms with Gasteiger partial charge in [-0.2, -0.15) is 4.98 Å². The van der Waals surface area contributed by atoms with Gasteiger partial charge in [0.25, 0.3) is 0 Å². The Bertz CT molecular complexity index is 1800. The number of benzene rings is 1. The van der Waals surface area contributed by atoms with E-state index in [1.807, 2.05) is 23.5 Å². The molecule has 5 rings (SSSR count). The minimum absolute atomic E-state index is 0.0768. The second-order valence-electron chi connectivity index (χ2n) is 13.7. The summed E-state index contributed by atoms with van der Waals surface area (Å²) in [4.78, 5) is 48.8.